The molecule has 1 unspecified atom stereocenters. The first-order valence-corrected chi connectivity index (χ1v) is 30.8. The zero-order valence-corrected chi connectivity index (χ0v) is 47.2. The maximum absolute atomic E-state index is 12.8. The van der Waals surface area contributed by atoms with Crippen LogP contribution in [-0.4, -0.2) is 37.2 Å². The molecule has 0 saturated heterocycles. The molecule has 0 aromatic rings. The zero-order chi connectivity index (χ0) is 51.4. The summed E-state index contributed by atoms with van der Waals surface area (Å²) in [5.74, 6) is -0.877. The summed E-state index contributed by atoms with van der Waals surface area (Å²) in [6, 6.07) is 0. The van der Waals surface area contributed by atoms with Crippen LogP contribution in [0.25, 0.3) is 0 Å². The fourth-order valence-electron chi connectivity index (χ4n) is 8.83. The van der Waals surface area contributed by atoms with Gasteiger partial charge in [0.25, 0.3) is 0 Å². The minimum atomic E-state index is -0.776. The molecule has 0 rings (SSSR count). The summed E-state index contributed by atoms with van der Waals surface area (Å²) in [5.41, 5.74) is 0. The number of unbranched alkanes of at least 4 members (excludes halogenated alkanes) is 35. The molecular weight excluding hydrogens is 877 g/mol. The highest BCUT2D eigenvalue weighted by atomic mass is 16.6. The van der Waals surface area contributed by atoms with Gasteiger partial charge in [0, 0.05) is 19.3 Å². The molecule has 0 amide bonds. The summed E-state index contributed by atoms with van der Waals surface area (Å²) in [7, 11) is 0. The molecule has 0 spiro atoms. The van der Waals surface area contributed by atoms with E-state index in [0.29, 0.717) is 19.3 Å². The van der Waals surface area contributed by atoms with E-state index in [0.717, 1.165) is 83.5 Å². The predicted molar refractivity (Wildman–Crippen MR) is 307 cm³/mol. The molecule has 0 aliphatic carbocycles. The van der Waals surface area contributed by atoms with Crippen LogP contribution in [-0.2, 0) is 28.6 Å². The lowest BCUT2D eigenvalue weighted by Crippen LogP contribution is -2.30. The number of carbonyl (C=O) groups excluding carboxylic acids is 3. The Labute approximate surface area is 440 Å². The van der Waals surface area contributed by atoms with E-state index in [4.69, 9.17) is 14.2 Å². The van der Waals surface area contributed by atoms with Gasteiger partial charge in [-0.2, -0.15) is 0 Å². The van der Waals surface area contributed by atoms with Gasteiger partial charge in [-0.05, 0) is 89.9 Å². The fourth-order valence-corrected chi connectivity index (χ4v) is 8.83. The van der Waals surface area contributed by atoms with Crippen molar-refractivity contribution in [2.75, 3.05) is 13.2 Å². The second kappa shape index (κ2) is 59.7. The molecule has 0 aliphatic rings. The largest absolute Gasteiger partial charge is 0.462 e. The summed E-state index contributed by atoms with van der Waals surface area (Å²) in [4.78, 5) is 38.1. The van der Waals surface area contributed by atoms with Crippen molar-refractivity contribution in [1.29, 1.82) is 0 Å². The van der Waals surface area contributed by atoms with Crippen molar-refractivity contribution in [1.82, 2.24) is 0 Å². The first-order valence-electron chi connectivity index (χ1n) is 30.8. The van der Waals surface area contributed by atoms with Gasteiger partial charge >= 0.3 is 17.9 Å². The molecule has 0 bridgehead atoms. The molecule has 0 N–H and O–H groups in total. The Bertz CT molecular complexity index is 1280. The number of hydrogen-bond donors (Lipinski definition) is 0. The highest BCUT2D eigenvalue weighted by Gasteiger charge is 2.19. The fraction of sp³-hybridized carbons (Fsp3) is 0.800. The van der Waals surface area contributed by atoms with Crippen LogP contribution in [0.5, 0.6) is 0 Å². The van der Waals surface area contributed by atoms with Crippen molar-refractivity contribution < 1.29 is 28.6 Å². The van der Waals surface area contributed by atoms with Crippen LogP contribution in [0.1, 0.15) is 316 Å². The van der Waals surface area contributed by atoms with Crippen LogP contribution in [0.4, 0.5) is 0 Å². The second-order valence-electron chi connectivity index (χ2n) is 20.6. The van der Waals surface area contributed by atoms with Gasteiger partial charge in [0.05, 0.1) is 0 Å². The smallest absolute Gasteiger partial charge is 0.306 e. The number of carbonyl (C=O) groups is 3. The molecule has 412 valence electrons. The van der Waals surface area contributed by atoms with Crippen LogP contribution < -0.4 is 0 Å². The van der Waals surface area contributed by atoms with Crippen molar-refractivity contribution in [2.45, 2.75) is 322 Å². The Hall–Kier alpha value is -2.89. The molecule has 6 heteroatoms. The molecule has 0 aromatic heterocycles. The topological polar surface area (TPSA) is 78.9 Å². The standard InChI is InChI=1S/C65H116O6/c1-4-7-10-13-16-19-21-23-25-27-29-30-31-32-33-34-35-36-37-39-40-42-44-46-49-52-55-58-64(67)70-61-62(60-69-63(66)57-54-51-48-18-15-12-9-6-3)71-65(68)59-56-53-50-47-45-43-41-38-28-26-24-22-20-17-14-11-8-5-2/h20-23,26-29,31-32,62H,4-19,24-25,30,33-61H2,1-3H3/b22-20-,23-21-,28-26-,29-27-,32-31-. The van der Waals surface area contributed by atoms with Crippen LogP contribution in [0.3, 0.4) is 0 Å². The number of rotatable bonds is 56. The quantitative estimate of drug-likeness (QED) is 0.0261. The number of allylic oxidation sites excluding steroid dienone is 10. The molecule has 0 radical (unpaired) electrons. The van der Waals surface area contributed by atoms with Gasteiger partial charge < -0.3 is 14.2 Å². The van der Waals surface area contributed by atoms with Crippen molar-refractivity contribution in [3.8, 4) is 0 Å². The Morgan fingerprint density at radius 3 is 0.803 bits per heavy atom. The normalized spacial score (nSPS) is 12.4. The molecule has 0 fully saturated rings. The molecule has 0 aliphatic heterocycles. The summed E-state index contributed by atoms with van der Waals surface area (Å²) in [6.07, 6.45) is 75.2. The number of hydrogen-bond acceptors (Lipinski definition) is 6. The second-order valence-corrected chi connectivity index (χ2v) is 20.6. The molecule has 1 atom stereocenters. The number of esters is 3. The third-order valence-electron chi connectivity index (χ3n) is 13.5. The lowest BCUT2D eigenvalue weighted by atomic mass is 10.0. The summed E-state index contributed by atoms with van der Waals surface area (Å²) in [5, 5.41) is 0. The van der Waals surface area contributed by atoms with E-state index in [-0.39, 0.29) is 31.1 Å². The van der Waals surface area contributed by atoms with Crippen LogP contribution >= 0.6 is 0 Å². The van der Waals surface area contributed by atoms with Gasteiger partial charge in [-0.1, -0.05) is 268 Å². The minimum absolute atomic E-state index is 0.0756. The van der Waals surface area contributed by atoms with Gasteiger partial charge in [0.15, 0.2) is 6.10 Å². The summed E-state index contributed by atoms with van der Waals surface area (Å²) in [6.45, 7) is 6.60. The van der Waals surface area contributed by atoms with Gasteiger partial charge in [-0.3, -0.25) is 14.4 Å². The van der Waals surface area contributed by atoms with Crippen molar-refractivity contribution in [3.63, 3.8) is 0 Å². The Morgan fingerprint density at radius 2 is 0.507 bits per heavy atom. The van der Waals surface area contributed by atoms with Crippen molar-refractivity contribution in [2.24, 2.45) is 0 Å². The molecular formula is C65H116O6. The first kappa shape index (κ1) is 68.1. The Kier molecular flexibility index (Phi) is 57.2. The van der Waals surface area contributed by atoms with Gasteiger partial charge in [0.2, 0.25) is 0 Å². The van der Waals surface area contributed by atoms with Crippen LogP contribution in [0, 0.1) is 0 Å². The number of ether oxygens (including phenoxy) is 3. The lowest BCUT2D eigenvalue weighted by Gasteiger charge is -2.18. The molecule has 6 nitrogen and oxygen atoms in total. The average molecular weight is 994 g/mol. The monoisotopic (exact) mass is 993 g/mol. The van der Waals surface area contributed by atoms with Gasteiger partial charge in [0.1, 0.15) is 13.2 Å². The summed E-state index contributed by atoms with van der Waals surface area (Å²) >= 11 is 0. The third kappa shape index (κ3) is 57.9. The van der Waals surface area contributed by atoms with Crippen molar-refractivity contribution >= 4 is 17.9 Å². The zero-order valence-electron chi connectivity index (χ0n) is 47.2. The van der Waals surface area contributed by atoms with E-state index >= 15 is 0 Å². The molecule has 0 aromatic carbocycles. The van der Waals surface area contributed by atoms with Crippen molar-refractivity contribution in [3.05, 3.63) is 60.8 Å². The average Bonchev–Trinajstić information content (AvgIpc) is 3.37. The highest BCUT2D eigenvalue weighted by molar-refractivity contribution is 5.71. The minimum Gasteiger partial charge on any atom is -0.462 e. The van der Waals surface area contributed by atoms with E-state index in [2.05, 4.69) is 81.5 Å². The van der Waals surface area contributed by atoms with E-state index in [9.17, 15) is 14.4 Å². The van der Waals surface area contributed by atoms with E-state index in [1.54, 1.807) is 0 Å². The van der Waals surface area contributed by atoms with E-state index in [1.807, 2.05) is 0 Å². The third-order valence-corrected chi connectivity index (χ3v) is 13.5. The molecule has 71 heavy (non-hydrogen) atoms. The SMILES string of the molecule is CCCCCC/C=C\C/C=C\CCCCCCCCCC(=O)OC(COC(=O)CCCCCCCCCC)COC(=O)CCCCCCCCCCCCCC/C=C\C/C=C\C/C=C\CCCCCCC. The Balaban J connectivity index is 4.16. The maximum Gasteiger partial charge on any atom is 0.306 e. The van der Waals surface area contributed by atoms with E-state index in [1.165, 1.54) is 193 Å². The van der Waals surface area contributed by atoms with Crippen LogP contribution in [0.2, 0.25) is 0 Å². The van der Waals surface area contributed by atoms with Gasteiger partial charge in [-0.25, -0.2) is 0 Å². The lowest BCUT2D eigenvalue weighted by molar-refractivity contribution is -0.167. The van der Waals surface area contributed by atoms with Crippen LogP contribution in [0.15, 0.2) is 60.8 Å². The molecule has 0 saturated carbocycles. The predicted octanol–water partition coefficient (Wildman–Crippen LogP) is 20.8. The highest BCUT2D eigenvalue weighted by Crippen LogP contribution is 2.16. The van der Waals surface area contributed by atoms with Gasteiger partial charge in [-0.15, -0.1) is 0 Å². The first-order chi connectivity index (χ1) is 35.0. The maximum atomic E-state index is 12.8. The summed E-state index contributed by atoms with van der Waals surface area (Å²) < 4.78 is 16.8. The Morgan fingerprint density at radius 1 is 0.282 bits per heavy atom. The molecule has 0 heterocycles. The van der Waals surface area contributed by atoms with E-state index < -0.39 is 6.10 Å².